The number of nitrogens with zero attached hydrogens (tertiary/aromatic N) is 3. The molecule has 1 aliphatic heterocycles. The van der Waals surface area contributed by atoms with Gasteiger partial charge in [0.15, 0.2) is 5.76 Å². The van der Waals surface area contributed by atoms with Gasteiger partial charge in [-0.3, -0.25) is 4.79 Å². The molecule has 2 rings (SSSR count). The van der Waals surface area contributed by atoms with Crippen molar-refractivity contribution >= 4 is 28.3 Å². The van der Waals surface area contributed by atoms with E-state index in [1.165, 1.54) is 4.31 Å². The molecule has 1 amide bonds. The lowest BCUT2D eigenvalue weighted by molar-refractivity contribution is -0.135. The van der Waals surface area contributed by atoms with Crippen LogP contribution in [0.4, 0.5) is 0 Å². The van der Waals surface area contributed by atoms with Gasteiger partial charge in [-0.15, -0.1) is 12.4 Å². The van der Waals surface area contributed by atoms with E-state index in [1.807, 2.05) is 0 Å². The molecule has 0 aliphatic carbocycles. The molecule has 0 aromatic carbocycles. The van der Waals surface area contributed by atoms with Crippen LogP contribution >= 0.6 is 12.4 Å². The maximum absolute atomic E-state index is 12.7. The van der Waals surface area contributed by atoms with Crippen molar-refractivity contribution in [3.05, 3.63) is 11.5 Å². The third kappa shape index (κ3) is 3.85. The van der Waals surface area contributed by atoms with Gasteiger partial charge < -0.3 is 15.2 Å². The quantitative estimate of drug-likeness (QED) is 0.811. The van der Waals surface area contributed by atoms with Crippen molar-refractivity contribution in [2.24, 2.45) is 11.7 Å². The van der Waals surface area contributed by atoms with Crippen LogP contribution in [0.1, 0.15) is 18.4 Å². The molecule has 0 spiro atoms. The molecule has 132 valence electrons. The summed E-state index contributed by atoms with van der Waals surface area (Å²) in [7, 11) is -3.64. The second kappa shape index (κ2) is 7.61. The zero-order chi connectivity index (χ0) is 16.5. The lowest BCUT2D eigenvalue weighted by Gasteiger charge is -2.35. The van der Waals surface area contributed by atoms with Crippen molar-refractivity contribution in [2.45, 2.75) is 25.7 Å². The third-order valence-corrected chi connectivity index (χ3v) is 6.03. The molecule has 2 N–H and O–H groups in total. The van der Waals surface area contributed by atoms with Gasteiger partial charge in [-0.1, -0.05) is 12.1 Å². The van der Waals surface area contributed by atoms with Crippen LogP contribution in [0.2, 0.25) is 0 Å². The number of halogens is 1. The average molecular weight is 367 g/mol. The second-order valence-electron chi connectivity index (χ2n) is 5.52. The lowest BCUT2D eigenvalue weighted by atomic mass is 10.1. The molecule has 23 heavy (non-hydrogen) atoms. The summed E-state index contributed by atoms with van der Waals surface area (Å²) in [6, 6.07) is 0. The first-order chi connectivity index (χ1) is 10.3. The van der Waals surface area contributed by atoms with E-state index in [0.717, 1.165) is 0 Å². The first-order valence-corrected chi connectivity index (χ1v) is 8.65. The van der Waals surface area contributed by atoms with E-state index in [-0.39, 0.29) is 54.5 Å². The van der Waals surface area contributed by atoms with E-state index in [9.17, 15) is 13.2 Å². The van der Waals surface area contributed by atoms with Crippen LogP contribution in [0.3, 0.4) is 0 Å². The smallest absolute Gasteiger partial charge is 0.248 e. The summed E-state index contributed by atoms with van der Waals surface area (Å²) in [6.07, 6.45) is 0. The molecule has 8 nitrogen and oxygen atoms in total. The normalized spacial score (nSPS) is 17.7. The summed E-state index contributed by atoms with van der Waals surface area (Å²) in [6.45, 7) is 6.50. The molecule has 1 aromatic rings. The fourth-order valence-electron chi connectivity index (χ4n) is 2.53. The predicted octanol–water partition coefficient (Wildman–Crippen LogP) is 0.141. The molecule has 1 aliphatic rings. The minimum Gasteiger partial charge on any atom is -0.360 e. The molecular weight excluding hydrogens is 344 g/mol. The summed E-state index contributed by atoms with van der Waals surface area (Å²) >= 11 is 0. The molecule has 10 heteroatoms. The highest BCUT2D eigenvalue weighted by Crippen LogP contribution is 2.24. The Balaban J connectivity index is 0.00000264. The fraction of sp³-hybridized carbons (Fsp3) is 0.692. The average Bonchev–Trinajstić information content (AvgIpc) is 2.85. The molecule has 1 fully saturated rings. The van der Waals surface area contributed by atoms with Crippen LogP contribution in [-0.2, 0) is 14.8 Å². The monoisotopic (exact) mass is 366 g/mol. The number of nitrogens with two attached hydrogens (primary N) is 1. The molecule has 2 heterocycles. The number of aromatic nitrogens is 1. The Bertz CT molecular complexity index is 633. The number of hydrogen-bond acceptors (Lipinski definition) is 6. The van der Waals surface area contributed by atoms with Gasteiger partial charge in [0, 0.05) is 38.6 Å². The van der Waals surface area contributed by atoms with E-state index in [0.29, 0.717) is 18.8 Å². The van der Waals surface area contributed by atoms with Crippen molar-refractivity contribution in [3.63, 3.8) is 0 Å². The van der Waals surface area contributed by atoms with Crippen molar-refractivity contribution in [2.75, 3.05) is 32.7 Å². The van der Waals surface area contributed by atoms with E-state index >= 15 is 0 Å². The summed E-state index contributed by atoms with van der Waals surface area (Å²) in [5, 5.41) is 3.70. The zero-order valence-electron chi connectivity index (χ0n) is 13.5. The van der Waals surface area contributed by atoms with Crippen LogP contribution in [0, 0.1) is 19.8 Å². The molecule has 0 saturated carbocycles. The Morgan fingerprint density at radius 1 is 1.30 bits per heavy atom. The first-order valence-electron chi connectivity index (χ1n) is 7.21. The number of carbonyl (C=O) groups excluding carboxylic acids is 1. The highest BCUT2D eigenvalue weighted by molar-refractivity contribution is 7.89. The molecular formula is C13H23ClN4O4S. The Morgan fingerprint density at radius 2 is 1.87 bits per heavy atom. The number of rotatable bonds is 4. The number of amides is 1. The molecule has 0 radical (unpaired) electrons. The third-order valence-electron chi connectivity index (χ3n) is 3.89. The van der Waals surface area contributed by atoms with Gasteiger partial charge >= 0.3 is 0 Å². The Morgan fingerprint density at radius 3 is 2.30 bits per heavy atom. The summed E-state index contributed by atoms with van der Waals surface area (Å²) in [4.78, 5) is 13.9. The number of sulfonamides is 1. The van der Waals surface area contributed by atoms with Gasteiger partial charge in [0.25, 0.3) is 0 Å². The highest BCUT2D eigenvalue weighted by Gasteiger charge is 2.34. The van der Waals surface area contributed by atoms with Crippen LogP contribution in [-0.4, -0.2) is 61.4 Å². The molecule has 1 saturated heterocycles. The summed E-state index contributed by atoms with van der Waals surface area (Å²) in [5.41, 5.74) is 5.86. The second-order valence-corrected chi connectivity index (χ2v) is 7.39. The highest BCUT2D eigenvalue weighted by atomic mass is 35.5. The number of hydrogen-bond donors (Lipinski definition) is 1. The lowest BCUT2D eigenvalue weighted by Crippen LogP contribution is -2.52. The predicted molar refractivity (Wildman–Crippen MR) is 86.8 cm³/mol. The fourth-order valence-corrected chi connectivity index (χ4v) is 4.25. The van der Waals surface area contributed by atoms with Gasteiger partial charge in [-0.05, 0) is 13.8 Å². The van der Waals surface area contributed by atoms with Crippen molar-refractivity contribution in [3.8, 4) is 0 Å². The topological polar surface area (TPSA) is 110 Å². The van der Waals surface area contributed by atoms with Gasteiger partial charge in [0.2, 0.25) is 15.9 Å². The SMILES string of the molecule is Cc1noc(C)c1S(=O)(=O)N1CCN(C(=O)C(C)CN)CC1.Cl. The van der Waals surface area contributed by atoms with Crippen molar-refractivity contribution < 1.29 is 17.7 Å². The van der Waals surface area contributed by atoms with E-state index in [2.05, 4.69) is 5.16 Å². The van der Waals surface area contributed by atoms with E-state index < -0.39 is 10.0 Å². The van der Waals surface area contributed by atoms with Crippen molar-refractivity contribution in [1.82, 2.24) is 14.4 Å². The Kier molecular flexibility index (Phi) is 6.58. The number of piperazine rings is 1. The summed E-state index contributed by atoms with van der Waals surface area (Å²) < 4.78 is 31.6. The summed E-state index contributed by atoms with van der Waals surface area (Å²) in [5.74, 6) is 0.00960. The largest absolute Gasteiger partial charge is 0.360 e. The van der Waals surface area contributed by atoms with Crippen LogP contribution < -0.4 is 5.73 Å². The number of aryl methyl sites for hydroxylation is 2. The van der Waals surface area contributed by atoms with E-state index in [1.54, 1.807) is 25.7 Å². The van der Waals surface area contributed by atoms with Crippen LogP contribution in [0.5, 0.6) is 0 Å². The van der Waals surface area contributed by atoms with Crippen LogP contribution in [0.15, 0.2) is 9.42 Å². The van der Waals surface area contributed by atoms with Gasteiger partial charge in [0.1, 0.15) is 10.6 Å². The van der Waals surface area contributed by atoms with E-state index in [4.69, 9.17) is 10.3 Å². The minimum absolute atomic E-state index is 0. The Labute approximate surface area is 142 Å². The minimum atomic E-state index is -3.64. The van der Waals surface area contributed by atoms with Gasteiger partial charge in [-0.25, -0.2) is 8.42 Å². The molecule has 1 unspecified atom stereocenters. The maximum Gasteiger partial charge on any atom is 0.248 e. The maximum atomic E-state index is 12.7. The zero-order valence-corrected chi connectivity index (χ0v) is 15.1. The van der Waals surface area contributed by atoms with Gasteiger partial charge in [-0.2, -0.15) is 4.31 Å². The van der Waals surface area contributed by atoms with Crippen LogP contribution in [0.25, 0.3) is 0 Å². The first kappa shape index (κ1) is 19.9. The standard InChI is InChI=1S/C13H22N4O4S.ClH/c1-9(8-14)13(18)16-4-6-17(7-5-16)22(19,20)12-10(2)15-21-11(12)3;/h9H,4-8,14H2,1-3H3;1H. The molecule has 0 bridgehead atoms. The molecule has 1 aromatic heterocycles. The number of carbonyl (C=O) groups is 1. The van der Waals surface area contributed by atoms with Crippen molar-refractivity contribution in [1.29, 1.82) is 0 Å². The Hall–Kier alpha value is -1.16. The molecule has 1 atom stereocenters. The van der Waals surface area contributed by atoms with Gasteiger partial charge in [0.05, 0.1) is 0 Å².